The van der Waals surface area contributed by atoms with Gasteiger partial charge in [-0.3, -0.25) is 14.5 Å². The predicted octanol–water partition coefficient (Wildman–Crippen LogP) is 2.21. The van der Waals surface area contributed by atoms with E-state index in [0.29, 0.717) is 25.6 Å². The first-order valence-electron chi connectivity index (χ1n) is 10.4. The van der Waals surface area contributed by atoms with Crippen LogP contribution in [-0.4, -0.2) is 85.5 Å². The molecule has 0 aliphatic carbocycles. The van der Waals surface area contributed by atoms with E-state index in [-0.39, 0.29) is 17.9 Å². The Morgan fingerprint density at radius 2 is 1.86 bits per heavy atom. The number of hydrogen-bond acceptors (Lipinski definition) is 4. The Kier molecular flexibility index (Phi) is 7.08. The average Bonchev–Trinajstić information content (AvgIpc) is 2.91. The summed E-state index contributed by atoms with van der Waals surface area (Å²) in [7, 11) is 1.66. The van der Waals surface area contributed by atoms with Gasteiger partial charge in [0.15, 0.2) is 0 Å². The summed E-state index contributed by atoms with van der Waals surface area (Å²) >= 11 is 0. The summed E-state index contributed by atoms with van der Waals surface area (Å²) in [5, 5.41) is 0. The van der Waals surface area contributed by atoms with Gasteiger partial charge < -0.3 is 14.5 Å². The first-order valence-corrected chi connectivity index (χ1v) is 10.4. The fourth-order valence-corrected chi connectivity index (χ4v) is 4.13. The zero-order chi connectivity index (χ0) is 20.1. The van der Waals surface area contributed by atoms with Crippen LogP contribution in [0.25, 0.3) is 0 Å². The molecule has 3 rings (SSSR count). The molecule has 2 amide bonds. The van der Waals surface area contributed by atoms with Crippen LogP contribution in [0.2, 0.25) is 0 Å². The number of methoxy groups -OCH3 is 1. The van der Waals surface area contributed by atoms with Crippen molar-refractivity contribution in [3.8, 4) is 0 Å². The lowest BCUT2D eigenvalue weighted by atomic mass is 10.0. The standard InChI is InChI=1S/C22H33N3O3/c1-17(2)18-5-7-19(8-6-18)21(26)24-11-4-10-23(13-14-24)20-9-12-25(22(20)27)15-16-28-3/h5-8,17,20H,4,9-16H2,1-3H3/t20-/m0/s1. The Morgan fingerprint density at radius 1 is 1.11 bits per heavy atom. The van der Waals surface area contributed by atoms with Gasteiger partial charge in [-0.1, -0.05) is 26.0 Å². The van der Waals surface area contributed by atoms with E-state index in [4.69, 9.17) is 4.74 Å². The fraction of sp³-hybridized carbons (Fsp3) is 0.636. The van der Waals surface area contributed by atoms with Crippen molar-refractivity contribution in [2.45, 2.75) is 38.6 Å². The highest BCUT2D eigenvalue weighted by Crippen LogP contribution is 2.20. The number of benzene rings is 1. The highest BCUT2D eigenvalue weighted by molar-refractivity contribution is 5.94. The van der Waals surface area contributed by atoms with Gasteiger partial charge in [0.25, 0.3) is 5.91 Å². The van der Waals surface area contributed by atoms with Crippen LogP contribution in [-0.2, 0) is 9.53 Å². The van der Waals surface area contributed by atoms with Crippen LogP contribution in [0.1, 0.15) is 48.5 Å². The van der Waals surface area contributed by atoms with Crippen LogP contribution in [0.3, 0.4) is 0 Å². The summed E-state index contributed by atoms with van der Waals surface area (Å²) in [5.41, 5.74) is 2.00. The SMILES string of the molecule is COCCN1CC[C@H](N2CCCN(C(=O)c3ccc(C(C)C)cc3)CC2)C1=O. The number of rotatable bonds is 6. The molecule has 0 saturated carbocycles. The molecule has 0 radical (unpaired) electrons. The number of carbonyl (C=O) groups is 2. The highest BCUT2D eigenvalue weighted by atomic mass is 16.5. The molecule has 0 bridgehead atoms. The molecule has 1 atom stereocenters. The third-order valence-corrected chi connectivity index (χ3v) is 5.92. The van der Waals surface area contributed by atoms with Crippen LogP contribution in [0.5, 0.6) is 0 Å². The van der Waals surface area contributed by atoms with Crippen molar-refractivity contribution in [1.82, 2.24) is 14.7 Å². The van der Waals surface area contributed by atoms with E-state index in [9.17, 15) is 9.59 Å². The monoisotopic (exact) mass is 387 g/mol. The first-order chi connectivity index (χ1) is 13.5. The summed E-state index contributed by atoms with van der Waals surface area (Å²) in [6, 6.07) is 7.93. The van der Waals surface area contributed by atoms with Gasteiger partial charge in [0, 0.05) is 51.9 Å². The molecule has 2 aliphatic heterocycles. The maximum atomic E-state index is 12.9. The summed E-state index contributed by atoms with van der Waals surface area (Å²) < 4.78 is 5.10. The quantitative estimate of drug-likeness (QED) is 0.751. The number of amides is 2. The Hall–Kier alpha value is -1.92. The van der Waals surface area contributed by atoms with Gasteiger partial charge in [-0.05, 0) is 36.5 Å². The molecule has 0 unspecified atom stereocenters. The van der Waals surface area contributed by atoms with Crippen molar-refractivity contribution in [1.29, 1.82) is 0 Å². The molecule has 1 aromatic rings. The normalized spacial score (nSPS) is 21.4. The summed E-state index contributed by atoms with van der Waals surface area (Å²) in [6.45, 7) is 9.39. The molecule has 2 fully saturated rings. The van der Waals surface area contributed by atoms with Crippen molar-refractivity contribution in [2.75, 3.05) is 53.0 Å². The van der Waals surface area contributed by atoms with Crippen molar-refractivity contribution in [3.05, 3.63) is 35.4 Å². The van der Waals surface area contributed by atoms with E-state index in [1.807, 2.05) is 34.1 Å². The van der Waals surface area contributed by atoms with Crippen LogP contribution in [0.15, 0.2) is 24.3 Å². The third kappa shape index (κ3) is 4.73. The first kappa shape index (κ1) is 20.8. The Labute approximate surface area is 168 Å². The molecule has 0 N–H and O–H groups in total. The smallest absolute Gasteiger partial charge is 0.253 e. The minimum atomic E-state index is -0.0442. The number of hydrogen-bond donors (Lipinski definition) is 0. The largest absolute Gasteiger partial charge is 0.383 e. The zero-order valence-electron chi connectivity index (χ0n) is 17.4. The molecule has 6 heteroatoms. The Balaban J connectivity index is 1.57. The highest BCUT2D eigenvalue weighted by Gasteiger charge is 2.36. The summed E-state index contributed by atoms with van der Waals surface area (Å²) in [4.78, 5) is 31.7. The van der Waals surface area contributed by atoms with Crippen LogP contribution < -0.4 is 0 Å². The molecule has 6 nitrogen and oxygen atoms in total. The van der Waals surface area contributed by atoms with Gasteiger partial charge in [-0.2, -0.15) is 0 Å². The van der Waals surface area contributed by atoms with E-state index in [0.717, 1.165) is 44.6 Å². The molecule has 0 aromatic heterocycles. The molecule has 154 valence electrons. The van der Waals surface area contributed by atoms with Gasteiger partial charge in [0.1, 0.15) is 0 Å². The second kappa shape index (κ2) is 9.52. The zero-order valence-corrected chi connectivity index (χ0v) is 17.4. The van der Waals surface area contributed by atoms with Gasteiger partial charge in [-0.15, -0.1) is 0 Å². The molecular weight excluding hydrogens is 354 g/mol. The van der Waals surface area contributed by atoms with Crippen LogP contribution in [0.4, 0.5) is 0 Å². The molecule has 2 saturated heterocycles. The molecule has 0 spiro atoms. The third-order valence-electron chi connectivity index (χ3n) is 5.92. The Morgan fingerprint density at radius 3 is 2.54 bits per heavy atom. The maximum Gasteiger partial charge on any atom is 0.253 e. The lowest BCUT2D eigenvalue weighted by Crippen LogP contribution is -2.44. The minimum Gasteiger partial charge on any atom is -0.383 e. The number of nitrogens with zero attached hydrogens (tertiary/aromatic N) is 3. The molecular formula is C22H33N3O3. The van der Waals surface area contributed by atoms with Crippen molar-refractivity contribution in [3.63, 3.8) is 0 Å². The van der Waals surface area contributed by atoms with E-state index in [1.54, 1.807) is 7.11 Å². The summed E-state index contributed by atoms with van der Waals surface area (Å²) in [5.74, 6) is 0.765. The molecule has 1 aromatic carbocycles. The fourth-order valence-electron chi connectivity index (χ4n) is 4.13. The topological polar surface area (TPSA) is 53.1 Å². The van der Waals surface area contributed by atoms with E-state index < -0.39 is 0 Å². The second-order valence-electron chi connectivity index (χ2n) is 8.08. The van der Waals surface area contributed by atoms with E-state index in [2.05, 4.69) is 18.7 Å². The van der Waals surface area contributed by atoms with Crippen molar-refractivity contribution in [2.24, 2.45) is 0 Å². The predicted molar refractivity (Wildman–Crippen MR) is 109 cm³/mol. The van der Waals surface area contributed by atoms with Gasteiger partial charge in [-0.25, -0.2) is 0 Å². The molecule has 28 heavy (non-hydrogen) atoms. The van der Waals surface area contributed by atoms with Crippen LogP contribution >= 0.6 is 0 Å². The average molecular weight is 388 g/mol. The minimum absolute atomic E-state index is 0.0442. The number of carbonyl (C=O) groups excluding carboxylic acids is 2. The van der Waals surface area contributed by atoms with Crippen molar-refractivity contribution < 1.29 is 14.3 Å². The summed E-state index contributed by atoms with van der Waals surface area (Å²) in [6.07, 6.45) is 1.77. The van der Waals surface area contributed by atoms with E-state index in [1.165, 1.54) is 5.56 Å². The van der Waals surface area contributed by atoms with Crippen molar-refractivity contribution >= 4 is 11.8 Å². The molecule has 2 aliphatic rings. The van der Waals surface area contributed by atoms with Crippen LogP contribution in [0, 0.1) is 0 Å². The second-order valence-corrected chi connectivity index (χ2v) is 8.08. The lowest BCUT2D eigenvalue weighted by molar-refractivity contribution is -0.132. The maximum absolute atomic E-state index is 12.9. The Bertz CT molecular complexity index is 674. The van der Waals surface area contributed by atoms with Gasteiger partial charge in [0.05, 0.1) is 12.6 Å². The number of likely N-dealkylation sites (tertiary alicyclic amines) is 1. The van der Waals surface area contributed by atoms with Gasteiger partial charge in [0.2, 0.25) is 5.91 Å². The van der Waals surface area contributed by atoms with E-state index >= 15 is 0 Å². The number of ether oxygens (including phenoxy) is 1. The lowest BCUT2D eigenvalue weighted by Gasteiger charge is -2.26. The van der Waals surface area contributed by atoms with Gasteiger partial charge >= 0.3 is 0 Å². The molecule has 2 heterocycles.